The minimum absolute atomic E-state index is 0.0707. The van der Waals surface area contributed by atoms with E-state index in [1.807, 2.05) is 0 Å². The van der Waals surface area contributed by atoms with Crippen molar-refractivity contribution in [2.45, 2.75) is 6.10 Å². The highest BCUT2D eigenvalue weighted by atomic mass is 35.5. The van der Waals surface area contributed by atoms with Crippen LogP contribution in [0.4, 0.5) is 5.69 Å². The van der Waals surface area contributed by atoms with Crippen LogP contribution in [0.5, 0.6) is 23.0 Å². The Bertz CT molecular complexity index is 1170. The number of anilines is 1. The molecule has 3 aromatic carbocycles. The maximum Gasteiger partial charge on any atom is 0.343 e. The van der Waals surface area contributed by atoms with Gasteiger partial charge in [-0.2, -0.15) is 0 Å². The van der Waals surface area contributed by atoms with Gasteiger partial charge in [-0.25, -0.2) is 4.79 Å². The number of benzene rings is 3. The topological polar surface area (TPSA) is 92.3 Å². The number of rotatable bonds is 9. The van der Waals surface area contributed by atoms with Crippen LogP contribution in [0.3, 0.4) is 0 Å². The van der Waals surface area contributed by atoms with Crippen molar-refractivity contribution in [3.05, 3.63) is 76.8 Å². The molecule has 0 radical (unpaired) electrons. The molecular formula is C25H24ClNO7. The van der Waals surface area contributed by atoms with Gasteiger partial charge in [-0.15, -0.1) is 0 Å². The Morgan fingerprint density at radius 1 is 0.765 bits per heavy atom. The zero-order chi connectivity index (χ0) is 24.7. The minimum atomic E-state index is -1.26. The van der Waals surface area contributed by atoms with Gasteiger partial charge in [0.2, 0.25) is 6.10 Å². The van der Waals surface area contributed by atoms with Gasteiger partial charge < -0.3 is 29.0 Å². The average molecular weight is 486 g/mol. The van der Waals surface area contributed by atoms with E-state index in [0.717, 1.165) is 0 Å². The molecule has 1 N–H and O–H groups in total. The number of methoxy groups -OCH3 is 4. The summed E-state index contributed by atoms with van der Waals surface area (Å²) in [6, 6.07) is 16.4. The normalized spacial score (nSPS) is 11.2. The first-order valence-corrected chi connectivity index (χ1v) is 10.5. The van der Waals surface area contributed by atoms with Gasteiger partial charge in [-0.05, 0) is 18.2 Å². The number of hydrogen-bond donors (Lipinski definition) is 1. The molecule has 0 spiro atoms. The Balaban J connectivity index is 1.92. The van der Waals surface area contributed by atoms with Crippen LogP contribution in [-0.2, 0) is 9.53 Å². The molecule has 8 nitrogen and oxygen atoms in total. The molecule has 0 heterocycles. The highest BCUT2D eigenvalue weighted by Gasteiger charge is 2.28. The van der Waals surface area contributed by atoms with Gasteiger partial charge in [0.05, 0.1) is 33.5 Å². The lowest BCUT2D eigenvalue weighted by atomic mass is 10.1. The second-order valence-corrected chi connectivity index (χ2v) is 7.35. The molecule has 0 bridgehead atoms. The fourth-order valence-corrected chi connectivity index (χ4v) is 3.47. The van der Waals surface area contributed by atoms with Crippen LogP contribution >= 0.6 is 11.6 Å². The number of halogens is 1. The lowest BCUT2D eigenvalue weighted by Gasteiger charge is -2.20. The van der Waals surface area contributed by atoms with Crippen LogP contribution < -0.4 is 24.3 Å². The predicted octanol–water partition coefficient (Wildman–Crippen LogP) is 4.91. The maximum absolute atomic E-state index is 13.2. The molecule has 3 aromatic rings. The van der Waals surface area contributed by atoms with Crippen molar-refractivity contribution in [1.82, 2.24) is 0 Å². The lowest BCUT2D eigenvalue weighted by Crippen LogP contribution is -2.26. The van der Waals surface area contributed by atoms with Crippen LogP contribution in [0.1, 0.15) is 22.0 Å². The van der Waals surface area contributed by atoms with Crippen LogP contribution in [0.2, 0.25) is 5.02 Å². The Labute approximate surface area is 202 Å². The highest BCUT2D eigenvalue weighted by molar-refractivity contribution is 6.32. The SMILES string of the molecule is COc1ccc(NC(=O)C(OC(=O)c2cc(OC)c(OC)cc2OC)c2ccccc2)cc1Cl. The lowest BCUT2D eigenvalue weighted by molar-refractivity contribution is -0.125. The van der Waals surface area contributed by atoms with E-state index in [2.05, 4.69) is 5.32 Å². The summed E-state index contributed by atoms with van der Waals surface area (Å²) in [5.74, 6) is 0.00586. The molecule has 0 aromatic heterocycles. The van der Waals surface area contributed by atoms with E-state index in [4.69, 9.17) is 35.3 Å². The summed E-state index contributed by atoms with van der Waals surface area (Å²) >= 11 is 6.16. The summed E-state index contributed by atoms with van der Waals surface area (Å²) in [5.41, 5.74) is 0.963. The van der Waals surface area contributed by atoms with Gasteiger partial charge in [0.15, 0.2) is 11.5 Å². The minimum Gasteiger partial charge on any atom is -0.496 e. The molecule has 0 aliphatic carbocycles. The van der Waals surface area contributed by atoms with Crippen LogP contribution in [0.25, 0.3) is 0 Å². The first-order valence-electron chi connectivity index (χ1n) is 10.1. The second-order valence-electron chi connectivity index (χ2n) is 6.94. The number of carbonyl (C=O) groups is 2. The van der Waals surface area contributed by atoms with E-state index < -0.39 is 18.0 Å². The first-order chi connectivity index (χ1) is 16.4. The number of nitrogens with one attached hydrogen (secondary N) is 1. The number of ether oxygens (including phenoxy) is 5. The Morgan fingerprint density at radius 3 is 1.97 bits per heavy atom. The molecule has 1 unspecified atom stereocenters. The first kappa shape index (κ1) is 24.7. The van der Waals surface area contributed by atoms with Gasteiger partial charge in [-0.1, -0.05) is 41.9 Å². The fraction of sp³-hybridized carbons (Fsp3) is 0.200. The van der Waals surface area contributed by atoms with E-state index in [1.165, 1.54) is 40.6 Å². The Morgan fingerprint density at radius 2 is 1.38 bits per heavy atom. The Kier molecular flexibility index (Phi) is 8.21. The molecule has 9 heteroatoms. The van der Waals surface area contributed by atoms with Gasteiger partial charge in [-0.3, -0.25) is 4.79 Å². The smallest absolute Gasteiger partial charge is 0.343 e. The van der Waals surface area contributed by atoms with E-state index in [0.29, 0.717) is 33.5 Å². The van der Waals surface area contributed by atoms with Crippen molar-refractivity contribution in [3.63, 3.8) is 0 Å². The molecule has 0 aliphatic heterocycles. The number of esters is 1. The molecule has 0 aliphatic rings. The van der Waals surface area contributed by atoms with Crippen molar-refractivity contribution < 1.29 is 33.3 Å². The molecule has 178 valence electrons. The monoisotopic (exact) mass is 485 g/mol. The van der Waals surface area contributed by atoms with Crippen molar-refractivity contribution in [2.75, 3.05) is 33.8 Å². The summed E-state index contributed by atoms with van der Waals surface area (Å²) in [4.78, 5) is 26.3. The molecular weight excluding hydrogens is 462 g/mol. The summed E-state index contributed by atoms with van der Waals surface area (Å²) in [6.45, 7) is 0. The third-order valence-corrected chi connectivity index (χ3v) is 5.21. The third kappa shape index (κ3) is 5.52. The Hall–Kier alpha value is -3.91. The summed E-state index contributed by atoms with van der Waals surface area (Å²) in [7, 11) is 5.82. The van der Waals surface area contributed by atoms with Crippen LogP contribution in [0.15, 0.2) is 60.7 Å². The zero-order valence-corrected chi connectivity index (χ0v) is 19.8. The van der Waals surface area contributed by atoms with Gasteiger partial charge in [0.25, 0.3) is 5.91 Å². The van der Waals surface area contributed by atoms with E-state index in [9.17, 15) is 9.59 Å². The molecule has 0 saturated heterocycles. The standard InChI is InChI=1S/C25H24ClNO7/c1-30-19-11-10-16(12-18(19)26)27-24(28)23(15-8-6-5-7-9-15)34-25(29)17-13-21(32-3)22(33-4)14-20(17)31-2/h5-14,23H,1-4H3,(H,27,28). The maximum atomic E-state index is 13.2. The van der Waals surface area contributed by atoms with Gasteiger partial charge in [0, 0.05) is 23.4 Å². The highest BCUT2D eigenvalue weighted by Crippen LogP contribution is 2.36. The molecule has 1 amide bonds. The van der Waals surface area contributed by atoms with Gasteiger partial charge >= 0.3 is 5.97 Å². The van der Waals surface area contributed by atoms with Crippen molar-refractivity contribution >= 4 is 29.2 Å². The summed E-state index contributed by atoms with van der Waals surface area (Å²) < 4.78 is 26.7. The largest absolute Gasteiger partial charge is 0.496 e. The van der Waals surface area contributed by atoms with Crippen LogP contribution in [0, 0.1) is 0 Å². The number of carbonyl (C=O) groups excluding carboxylic acids is 2. The summed E-state index contributed by atoms with van der Waals surface area (Å²) in [6.07, 6.45) is -1.26. The fourth-order valence-electron chi connectivity index (χ4n) is 3.21. The van der Waals surface area contributed by atoms with E-state index >= 15 is 0 Å². The van der Waals surface area contributed by atoms with Gasteiger partial charge in [0.1, 0.15) is 17.1 Å². The van der Waals surface area contributed by atoms with Crippen molar-refractivity contribution in [3.8, 4) is 23.0 Å². The quantitative estimate of drug-likeness (QED) is 0.430. The number of amides is 1. The summed E-state index contributed by atoms with van der Waals surface area (Å²) in [5, 5.41) is 3.05. The van der Waals surface area contributed by atoms with E-state index in [-0.39, 0.29) is 11.3 Å². The molecule has 34 heavy (non-hydrogen) atoms. The van der Waals surface area contributed by atoms with Crippen molar-refractivity contribution in [2.24, 2.45) is 0 Å². The molecule has 0 saturated carbocycles. The van der Waals surface area contributed by atoms with E-state index in [1.54, 1.807) is 48.5 Å². The zero-order valence-electron chi connectivity index (χ0n) is 19.1. The second kappa shape index (κ2) is 11.3. The average Bonchev–Trinajstić information content (AvgIpc) is 2.86. The molecule has 3 rings (SSSR count). The third-order valence-electron chi connectivity index (χ3n) is 4.91. The van der Waals surface area contributed by atoms with Crippen LogP contribution in [-0.4, -0.2) is 40.3 Å². The van der Waals surface area contributed by atoms with Crippen molar-refractivity contribution in [1.29, 1.82) is 0 Å². The molecule has 1 atom stereocenters. The number of hydrogen-bond acceptors (Lipinski definition) is 7. The predicted molar refractivity (Wildman–Crippen MR) is 127 cm³/mol. The molecule has 0 fully saturated rings.